The normalized spacial score (nSPS) is 11.2. The molecule has 7 heteroatoms. The minimum Gasteiger partial charge on any atom is -0.343 e. The molecule has 6 nitrogen and oxygen atoms in total. The highest BCUT2D eigenvalue weighted by Crippen LogP contribution is 2.17. The second-order valence-electron chi connectivity index (χ2n) is 5.14. The van der Waals surface area contributed by atoms with Crippen LogP contribution in [0, 0.1) is 0 Å². The summed E-state index contributed by atoms with van der Waals surface area (Å²) in [6.07, 6.45) is 3.50. The summed E-state index contributed by atoms with van der Waals surface area (Å²) in [5, 5.41) is 3.45. The van der Waals surface area contributed by atoms with Crippen LogP contribution >= 0.6 is 11.6 Å². The minimum atomic E-state index is -0.243. The summed E-state index contributed by atoms with van der Waals surface area (Å²) in [4.78, 5) is 23.9. The molecular formula is C16H12ClN5O. The molecule has 0 unspecified atom stereocenters. The smallest absolute Gasteiger partial charge is 0.270 e. The van der Waals surface area contributed by atoms with Crippen molar-refractivity contribution in [2.75, 3.05) is 0 Å². The van der Waals surface area contributed by atoms with Crippen LogP contribution < -0.4 is 5.32 Å². The van der Waals surface area contributed by atoms with Gasteiger partial charge in [0.05, 0.1) is 23.9 Å². The van der Waals surface area contributed by atoms with Gasteiger partial charge in [-0.2, -0.15) is 0 Å². The number of amides is 1. The standard InChI is InChI=1S/C16H12ClN5O/c17-10-3-4-12-13(6-10)21-15(20-12)8-18-16(23)14-7-11-2-1-5-22(11)9-19-14/h1-7,9H,8H2,(H,18,23)(H,20,21). The van der Waals surface area contributed by atoms with E-state index in [-0.39, 0.29) is 5.91 Å². The molecule has 3 aromatic heterocycles. The zero-order chi connectivity index (χ0) is 15.8. The van der Waals surface area contributed by atoms with Crippen LogP contribution in [0.2, 0.25) is 5.02 Å². The molecule has 114 valence electrons. The number of benzene rings is 1. The van der Waals surface area contributed by atoms with E-state index in [0.717, 1.165) is 16.6 Å². The summed E-state index contributed by atoms with van der Waals surface area (Å²) >= 11 is 5.95. The van der Waals surface area contributed by atoms with E-state index >= 15 is 0 Å². The first-order valence-electron chi connectivity index (χ1n) is 7.04. The van der Waals surface area contributed by atoms with Crippen molar-refractivity contribution in [1.29, 1.82) is 0 Å². The molecule has 0 atom stereocenters. The molecule has 2 N–H and O–H groups in total. The summed E-state index contributed by atoms with van der Waals surface area (Å²) in [5.41, 5.74) is 2.94. The van der Waals surface area contributed by atoms with Gasteiger partial charge in [-0.3, -0.25) is 4.79 Å². The van der Waals surface area contributed by atoms with Gasteiger partial charge < -0.3 is 14.7 Å². The number of H-pyrrole nitrogens is 1. The van der Waals surface area contributed by atoms with Crippen molar-refractivity contribution in [3.63, 3.8) is 0 Å². The molecular weight excluding hydrogens is 314 g/mol. The zero-order valence-electron chi connectivity index (χ0n) is 12.0. The largest absolute Gasteiger partial charge is 0.343 e. The Morgan fingerprint density at radius 3 is 3.13 bits per heavy atom. The Labute approximate surface area is 136 Å². The van der Waals surface area contributed by atoms with Crippen molar-refractivity contribution < 1.29 is 4.79 Å². The highest BCUT2D eigenvalue weighted by Gasteiger charge is 2.10. The number of aromatic amines is 1. The topological polar surface area (TPSA) is 75.1 Å². The lowest BCUT2D eigenvalue weighted by molar-refractivity contribution is 0.0945. The monoisotopic (exact) mass is 325 g/mol. The Hall–Kier alpha value is -2.86. The van der Waals surface area contributed by atoms with E-state index in [1.165, 1.54) is 0 Å². The zero-order valence-corrected chi connectivity index (χ0v) is 12.7. The van der Waals surface area contributed by atoms with E-state index in [0.29, 0.717) is 23.1 Å². The highest BCUT2D eigenvalue weighted by molar-refractivity contribution is 6.31. The van der Waals surface area contributed by atoms with Crippen molar-refractivity contribution >= 4 is 34.1 Å². The van der Waals surface area contributed by atoms with Gasteiger partial charge in [0.2, 0.25) is 0 Å². The number of halogens is 1. The predicted molar refractivity (Wildman–Crippen MR) is 87.5 cm³/mol. The Kier molecular flexibility index (Phi) is 3.24. The summed E-state index contributed by atoms with van der Waals surface area (Å²) in [7, 11) is 0. The molecule has 0 aliphatic carbocycles. The quantitative estimate of drug-likeness (QED) is 0.608. The summed E-state index contributed by atoms with van der Waals surface area (Å²) in [5.74, 6) is 0.423. The maximum atomic E-state index is 12.2. The van der Waals surface area contributed by atoms with Gasteiger partial charge in [0.25, 0.3) is 5.91 Å². The number of nitrogens with zero attached hydrogens (tertiary/aromatic N) is 3. The summed E-state index contributed by atoms with van der Waals surface area (Å²) in [6.45, 7) is 0.291. The molecule has 3 heterocycles. The first-order valence-corrected chi connectivity index (χ1v) is 7.42. The second-order valence-corrected chi connectivity index (χ2v) is 5.58. The van der Waals surface area contributed by atoms with Crippen LogP contribution in [0.1, 0.15) is 16.3 Å². The van der Waals surface area contributed by atoms with Gasteiger partial charge in [0.15, 0.2) is 0 Å². The SMILES string of the molecule is O=C(NCc1nc2ccc(Cl)cc2[nH]1)c1cc2cccn2cn1. The summed E-state index contributed by atoms with van der Waals surface area (Å²) < 4.78 is 1.85. The first-order chi connectivity index (χ1) is 11.2. The molecule has 0 aliphatic heterocycles. The van der Waals surface area contributed by atoms with Gasteiger partial charge in [-0.1, -0.05) is 11.6 Å². The fourth-order valence-corrected chi connectivity index (χ4v) is 2.61. The third-order valence-corrected chi connectivity index (χ3v) is 3.79. The predicted octanol–water partition coefficient (Wildman–Crippen LogP) is 2.79. The molecule has 4 aromatic rings. The van der Waals surface area contributed by atoms with E-state index in [9.17, 15) is 4.79 Å². The first kappa shape index (κ1) is 13.8. The molecule has 0 spiro atoms. The van der Waals surface area contributed by atoms with E-state index < -0.39 is 0 Å². The van der Waals surface area contributed by atoms with Crippen LogP contribution in [0.15, 0.2) is 48.9 Å². The van der Waals surface area contributed by atoms with Gasteiger partial charge in [0.1, 0.15) is 11.5 Å². The number of carbonyl (C=O) groups excluding carboxylic acids is 1. The number of fused-ring (bicyclic) bond motifs is 2. The average Bonchev–Trinajstić information content (AvgIpc) is 3.17. The lowest BCUT2D eigenvalue weighted by Crippen LogP contribution is -2.24. The van der Waals surface area contributed by atoms with Gasteiger partial charge in [-0.15, -0.1) is 0 Å². The third-order valence-electron chi connectivity index (χ3n) is 3.56. The molecule has 1 aromatic carbocycles. The molecule has 0 bridgehead atoms. The van der Waals surface area contributed by atoms with Crippen LogP contribution in [0.5, 0.6) is 0 Å². The molecule has 4 rings (SSSR count). The van der Waals surface area contributed by atoms with Crippen molar-refractivity contribution in [1.82, 2.24) is 24.7 Å². The van der Waals surface area contributed by atoms with E-state index in [1.807, 2.05) is 28.8 Å². The number of imidazole rings is 1. The maximum absolute atomic E-state index is 12.2. The van der Waals surface area contributed by atoms with Crippen molar-refractivity contribution in [2.45, 2.75) is 6.54 Å². The van der Waals surface area contributed by atoms with Gasteiger partial charge in [-0.05, 0) is 36.4 Å². The molecule has 0 saturated carbocycles. The number of hydrogen-bond acceptors (Lipinski definition) is 3. The number of nitrogens with one attached hydrogen (secondary N) is 2. The van der Waals surface area contributed by atoms with Crippen LogP contribution in [0.4, 0.5) is 0 Å². The van der Waals surface area contributed by atoms with Gasteiger partial charge >= 0.3 is 0 Å². The van der Waals surface area contributed by atoms with Gasteiger partial charge in [-0.25, -0.2) is 9.97 Å². The van der Waals surface area contributed by atoms with Crippen LogP contribution in [-0.4, -0.2) is 25.3 Å². The number of rotatable bonds is 3. The second kappa shape index (κ2) is 5.40. The Bertz CT molecular complexity index is 1020. The van der Waals surface area contributed by atoms with Crippen molar-refractivity contribution in [3.05, 3.63) is 65.5 Å². The highest BCUT2D eigenvalue weighted by atomic mass is 35.5. The van der Waals surface area contributed by atoms with Crippen LogP contribution in [0.25, 0.3) is 16.6 Å². The lowest BCUT2D eigenvalue weighted by atomic mass is 10.3. The maximum Gasteiger partial charge on any atom is 0.270 e. The van der Waals surface area contributed by atoms with Crippen molar-refractivity contribution in [2.24, 2.45) is 0 Å². The molecule has 0 radical (unpaired) electrons. The number of aromatic nitrogens is 4. The van der Waals surface area contributed by atoms with Crippen molar-refractivity contribution in [3.8, 4) is 0 Å². The Morgan fingerprint density at radius 2 is 2.22 bits per heavy atom. The summed E-state index contributed by atoms with van der Waals surface area (Å²) in [6, 6.07) is 11.0. The third kappa shape index (κ3) is 2.64. The minimum absolute atomic E-state index is 0.243. The Morgan fingerprint density at radius 1 is 1.30 bits per heavy atom. The van der Waals surface area contributed by atoms with E-state index in [1.54, 1.807) is 24.5 Å². The fraction of sp³-hybridized carbons (Fsp3) is 0.0625. The molecule has 0 fully saturated rings. The molecule has 1 amide bonds. The number of hydrogen-bond donors (Lipinski definition) is 2. The van der Waals surface area contributed by atoms with Gasteiger partial charge in [0, 0.05) is 16.7 Å². The Balaban J connectivity index is 1.51. The van der Waals surface area contributed by atoms with E-state index in [4.69, 9.17) is 11.6 Å². The fourth-order valence-electron chi connectivity index (χ4n) is 2.43. The van der Waals surface area contributed by atoms with Crippen LogP contribution in [-0.2, 0) is 6.54 Å². The number of carbonyl (C=O) groups is 1. The van der Waals surface area contributed by atoms with E-state index in [2.05, 4.69) is 20.3 Å². The molecule has 0 saturated heterocycles. The average molecular weight is 326 g/mol. The van der Waals surface area contributed by atoms with Crippen LogP contribution in [0.3, 0.4) is 0 Å². The molecule has 23 heavy (non-hydrogen) atoms. The molecule has 0 aliphatic rings. The lowest BCUT2D eigenvalue weighted by Gasteiger charge is -2.03.